The molecule has 0 amide bonds. The highest BCUT2D eigenvalue weighted by molar-refractivity contribution is 5.67. The van der Waals surface area contributed by atoms with Gasteiger partial charge in [0.1, 0.15) is 0 Å². The molecule has 0 spiro atoms. The molecule has 1 unspecified atom stereocenters. The quantitative estimate of drug-likeness (QED) is 0.831. The molecular weight excluding hydrogens is 218 g/mol. The summed E-state index contributed by atoms with van der Waals surface area (Å²) < 4.78 is 0. The van der Waals surface area contributed by atoms with E-state index in [-0.39, 0.29) is 0 Å². The second-order valence-corrected chi connectivity index (χ2v) is 4.79. The van der Waals surface area contributed by atoms with Gasteiger partial charge in [-0.05, 0) is 42.0 Å². The highest BCUT2D eigenvalue weighted by Crippen LogP contribution is 2.31. The maximum absolute atomic E-state index is 5.60. The minimum Gasteiger partial charge on any atom is -0.330 e. The van der Waals surface area contributed by atoms with Gasteiger partial charge < -0.3 is 5.73 Å². The summed E-state index contributed by atoms with van der Waals surface area (Å²) in [6, 6.07) is 19.3. The van der Waals surface area contributed by atoms with Crippen LogP contribution in [0.1, 0.15) is 31.2 Å². The predicted octanol–water partition coefficient (Wildman–Crippen LogP) is 4.20. The highest BCUT2D eigenvalue weighted by Gasteiger charge is 2.10. The molecule has 2 aromatic rings. The Morgan fingerprint density at radius 3 is 2.33 bits per heavy atom. The molecule has 0 aliphatic heterocycles. The number of hydrogen-bond acceptors (Lipinski definition) is 1. The summed E-state index contributed by atoms with van der Waals surface area (Å²) in [6.07, 6.45) is 2.24. The minimum atomic E-state index is 0.560. The van der Waals surface area contributed by atoms with Gasteiger partial charge in [-0.15, -0.1) is 0 Å². The smallest absolute Gasteiger partial charge is 0.00771 e. The molecule has 94 valence electrons. The van der Waals surface area contributed by atoms with Crippen molar-refractivity contribution in [3.63, 3.8) is 0 Å². The van der Waals surface area contributed by atoms with E-state index in [9.17, 15) is 0 Å². The van der Waals surface area contributed by atoms with E-state index in [0.29, 0.717) is 5.92 Å². The van der Waals surface area contributed by atoms with Crippen LogP contribution in [0.15, 0.2) is 54.6 Å². The fourth-order valence-corrected chi connectivity index (χ4v) is 2.39. The summed E-state index contributed by atoms with van der Waals surface area (Å²) in [5, 5.41) is 0. The maximum Gasteiger partial charge on any atom is -0.00771 e. The van der Waals surface area contributed by atoms with Gasteiger partial charge in [-0.2, -0.15) is 0 Å². The second-order valence-electron chi connectivity index (χ2n) is 4.79. The number of hydrogen-bond donors (Lipinski definition) is 1. The summed E-state index contributed by atoms with van der Waals surface area (Å²) in [5.74, 6) is 0.560. The Kier molecular flexibility index (Phi) is 4.54. The monoisotopic (exact) mass is 239 g/mol. The van der Waals surface area contributed by atoms with E-state index >= 15 is 0 Å². The van der Waals surface area contributed by atoms with Crippen LogP contribution in [-0.2, 0) is 0 Å². The van der Waals surface area contributed by atoms with Gasteiger partial charge in [0.15, 0.2) is 0 Å². The lowest BCUT2D eigenvalue weighted by Gasteiger charge is -2.16. The molecule has 0 radical (unpaired) electrons. The van der Waals surface area contributed by atoms with Gasteiger partial charge in [0.25, 0.3) is 0 Å². The van der Waals surface area contributed by atoms with E-state index in [2.05, 4.69) is 61.5 Å². The van der Waals surface area contributed by atoms with Crippen LogP contribution in [0.25, 0.3) is 11.1 Å². The van der Waals surface area contributed by atoms with Crippen LogP contribution in [0.4, 0.5) is 0 Å². The predicted molar refractivity (Wildman–Crippen MR) is 78.6 cm³/mol. The molecule has 0 heterocycles. The lowest BCUT2D eigenvalue weighted by atomic mass is 9.89. The number of benzene rings is 2. The minimum absolute atomic E-state index is 0.560. The van der Waals surface area contributed by atoms with Crippen LogP contribution in [0.5, 0.6) is 0 Å². The van der Waals surface area contributed by atoms with Crippen LogP contribution < -0.4 is 5.73 Å². The van der Waals surface area contributed by atoms with Crippen LogP contribution in [0.2, 0.25) is 0 Å². The van der Waals surface area contributed by atoms with E-state index < -0.39 is 0 Å². The molecule has 0 bridgehead atoms. The Bertz CT molecular complexity index is 476. The third kappa shape index (κ3) is 2.99. The fraction of sp³-hybridized carbons (Fsp3) is 0.294. The van der Waals surface area contributed by atoms with Crippen molar-refractivity contribution in [3.05, 3.63) is 60.2 Å². The van der Waals surface area contributed by atoms with Gasteiger partial charge in [0.05, 0.1) is 0 Å². The van der Waals surface area contributed by atoms with Crippen LogP contribution in [0.3, 0.4) is 0 Å². The molecule has 1 nitrogen and oxygen atoms in total. The van der Waals surface area contributed by atoms with Crippen molar-refractivity contribution < 1.29 is 0 Å². The molecule has 0 saturated carbocycles. The Morgan fingerprint density at radius 1 is 0.944 bits per heavy atom. The average molecular weight is 239 g/mol. The Labute approximate surface area is 110 Å². The fourth-order valence-electron chi connectivity index (χ4n) is 2.39. The highest BCUT2D eigenvalue weighted by atomic mass is 14.5. The lowest BCUT2D eigenvalue weighted by molar-refractivity contribution is 0.642. The molecule has 0 fully saturated rings. The first kappa shape index (κ1) is 12.8. The molecule has 0 aromatic heterocycles. The average Bonchev–Trinajstić information content (AvgIpc) is 2.45. The molecule has 0 aliphatic carbocycles. The van der Waals surface area contributed by atoms with Crippen molar-refractivity contribution >= 4 is 0 Å². The SMILES string of the molecule is CC(CCCN)c1ccccc1-c1ccccc1. The lowest BCUT2D eigenvalue weighted by Crippen LogP contribution is -2.03. The molecule has 1 atom stereocenters. The second kappa shape index (κ2) is 6.36. The van der Waals surface area contributed by atoms with E-state index in [4.69, 9.17) is 5.73 Å². The molecule has 2 rings (SSSR count). The summed E-state index contributed by atoms with van der Waals surface area (Å²) in [4.78, 5) is 0. The van der Waals surface area contributed by atoms with Crippen molar-refractivity contribution in [2.24, 2.45) is 5.73 Å². The first-order chi connectivity index (χ1) is 8.83. The Morgan fingerprint density at radius 2 is 1.61 bits per heavy atom. The summed E-state index contributed by atoms with van der Waals surface area (Å²) in [5.41, 5.74) is 9.68. The summed E-state index contributed by atoms with van der Waals surface area (Å²) >= 11 is 0. The largest absolute Gasteiger partial charge is 0.330 e. The zero-order valence-corrected chi connectivity index (χ0v) is 11.0. The van der Waals surface area contributed by atoms with E-state index in [0.717, 1.165) is 19.4 Å². The van der Waals surface area contributed by atoms with Gasteiger partial charge >= 0.3 is 0 Å². The molecular formula is C17H21N. The van der Waals surface area contributed by atoms with Crippen molar-refractivity contribution in [2.45, 2.75) is 25.7 Å². The first-order valence-electron chi connectivity index (χ1n) is 6.67. The van der Waals surface area contributed by atoms with Crippen molar-refractivity contribution in [3.8, 4) is 11.1 Å². The van der Waals surface area contributed by atoms with E-state index in [1.165, 1.54) is 16.7 Å². The number of nitrogens with two attached hydrogens (primary N) is 1. The third-order valence-corrected chi connectivity index (χ3v) is 3.42. The standard InChI is InChI=1S/C17H21N/c1-14(8-7-13-18)16-11-5-6-12-17(16)15-9-3-2-4-10-15/h2-6,9-12,14H,7-8,13,18H2,1H3. The van der Waals surface area contributed by atoms with E-state index in [1.54, 1.807) is 0 Å². The van der Waals surface area contributed by atoms with Gasteiger partial charge in [-0.25, -0.2) is 0 Å². The van der Waals surface area contributed by atoms with Gasteiger partial charge in [0, 0.05) is 0 Å². The zero-order chi connectivity index (χ0) is 12.8. The summed E-state index contributed by atoms with van der Waals surface area (Å²) in [7, 11) is 0. The third-order valence-electron chi connectivity index (χ3n) is 3.42. The van der Waals surface area contributed by atoms with Crippen molar-refractivity contribution in [2.75, 3.05) is 6.54 Å². The Balaban J connectivity index is 2.31. The number of rotatable bonds is 5. The Hall–Kier alpha value is -1.60. The summed E-state index contributed by atoms with van der Waals surface area (Å²) in [6.45, 7) is 3.06. The first-order valence-corrected chi connectivity index (χ1v) is 6.67. The molecule has 18 heavy (non-hydrogen) atoms. The topological polar surface area (TPSA) is 26.0 Å². The normalized spacial score (nSPS) is 12.3. The van der Waals surface area contributed by atoms with Crippen molar-refractivity contribution in [1.82, 2.24) is 0 Å². The zero-order valence-electron chi connectivity index (χ0n) is 11.0. The molecule has 0 aliphatic rings. The van der Waals surface area contributed by atoms with Gasteiger partial charge in [-0.1, -0.05) is 61.5 Å². The van der Waals surface area contributed by atoms with Crippen LogP contribution >= 0.6 is 0 Å². The molecule has 0 saturated heterocycles. The van der Waals surface area contributed by atoms with Crippen molar-refractivity contribution in [1.29, 1.82) is 0 Å². The maximum atomic E-state index is 5.60. The molecule has 1 heteroatoms. The van der Waals surface area contributed by atoms with Crippen LogP contribution in [0, 0.1) is 0 Å². The molecule has 2 aromatic carbocycles. The van der Waals surface area contributed by atoms with Gasteiger partial charge in [0.2, 0.25) is 0 Å². The molecule has 2 N–H and O–H groups in total. The van der Waals surface area contributed by atoms with Gasteiger partial charge in [-0.3, -0.25) is 0 Å². The van der Waals surface area contributed by atoms with E-state index in [1.807, 2.05) is 0 Å². The van der Waals surface area contributed by atoms with Crippen LogP contribution in [-0.4, -0.2) is 6.54 Å².